The van der Waals surface area contributed by atoms with Crippen molar-refractivity contribution in [2.75, 3.05) is 0 Å². The number of hydrogen-bond donors (Lipinski definition) is 2. The Kier molecular flexibility index (Phi) is 5.70. The monoisotopic (exact) mass is 292 g/mol. The highest BCUT2D eigenvalue weighted by atomic mass is 16.1. The van der Waals surface area contributed by atoms with E-state index in [-0.39, 0.29) is 5.57 Å². The normalized spacial score (nSPS) is 10.6. The minimum absolute atomic E-state index is 0.0341. The molecule has 22 heavy (non-hydrogen) atoms. The highest BCUT2D eigenvalue weighted by Crippen LogP contribution is 1.99. The average molecular weight is 292 g/mol. The molecular formula is C17H16N4O. The molecule has 0 saturated carbocycles. The molecule has 1 aromatic carbocycles. The summed E-state index contributed by atoms with van der Waals surface area (Å²) < 4.78 is 0. The van der Waals surface area contributed by atoms with Crippen molar-refractivity contribution >= 4 is 5.91 Å². The molecule has 0 fully saturated rings. The Morgan fingerprint density at radius 3 is 2.59 bits per heavy atom. The molecule has 0 aliphatic rings. The van der Waals surface area contributed by atoms with Crippen LogP contribution in [0, 0.1) is 11.3 Å². The molecule has 0 aliphatic carbocycles. The third kappa shape index (κ3) is 4.76. The fourth-order valence-corrected chi connectivity index (χ4v) is 1.78. The van der Waals surface area contributed by atoms with E-state index in [1.807, 2.05) is 54.6 Å². The minimum atomic E-state index is -0.403. The predicted molar refractivity (Wildman–Crippen MR) is 83.1 cm³/mol. The molecule has 0 unspecified atom stereocenters. The SMILES string of the molecule is N#C/C(=C/NCc1ccccn1)C(=O)NCc1ccccc1. The summed E-state index contributed by atoms with van der Waals surface area (Å²) in [5.41, 5.74) is 1.85. The van der Waals surface area contributed by atoms with Gasteiger partial charge in [0.05, 0.1) is 12.2 Å². The topological polar surface area (TPSA) is 77.8 Å². The number of rotatable bonds is 6. The number of aromatic nitrogens is 1. The molecular weight excluding hydrogens is 276 g/mol. The summed E-state index contributed by atoms with van der Waals surface area (Å²) in [5, 5.41) is 14.7. The zero-order chi connectivity index (χ0) is 15.6. The van der Waals surface area contributed by atoms with Gasteiger partial charge < -0.3 is 10.6 Å². The van der Waals surface area contributed by atoms with Crippen molar-refractivity contribution in [3.8, 4) is 6.07 Å². The maximum Gasteiger partial charge on any atom is 0.263 e. The van der Waals surface area contributed by atoms with Gasteiger partial charge in [-0.1, -0.05) is 36.4 Å². The number of nitriles is 1. The average Bonchev–Trinajstić information content (AvgIpc) is 2.58. The lowest BCUT2D eigenvalue weighted by Crippen LogP contribution is -2.25. The number of benzene rings is 1. The summed E-state index contributed by atoms with van der Waals surface area (Å²) in [7, 11) is 0. The van der Waals surface area contributed by atoms with Crippen LogP contribution in [0.4, 0.5) is 0 Å². The first-order valence-corrected chi connectivity index (χ1v) is 6.85. The van der Waals surface area contributed by atoms with Crippen molar-refractivity contribution in [2.45, 2.75) is 13.1 Å². The standard InChI is InChI=1S/C17H16N4O/c18-10-15(12-19-13-16-8-4-5-9-20-16)17(22)21-11-14-6-2-1-3-7-14/h1-9,12,19H,11,13H2,(H,21,22)/b15-12-. The molecule has 0 spiro atoms. The van der Waals surface area contributed by atoms with Crippen LogP contribution in [0.1, 0.15) is 11.3 Å². The molecule has 0 atom stereocenters. The summed E-state index contributed by atoms with van der Waals surface area (Å²) in [5.74, 6) is -0.403. The molecule has 5 heteroatoms. The zero-order valence-electron chi connectivity index (χ0n) is 12.0. The van der Waals surface area contributed by atoms with Crippen LogP contribution >= 0.6 is 0 Å². The zero-order valence-corrected chi connectivity index (χ0v) is 12.0. The van der Waals surface area contributed by atoms with Crippen molar-refractivity contribution in [3.63, 3.8) is 0 Å². The fourth-order valence-electron chi connectivity index (χ4n) is 1.78. The van der Waals surface area contributed by atoms with Crippen molar-refractivity contribution in [3.05, 3.63) is 77.8 Å². The number of nitrogens with one attached hydrogen (secondary N) is 2. The minimum Gasteiger partial charge on any atom is -0.384 e. The molecule has 2 aromatic rings. The predicted octanol–water partition coefficient (Wildman–Crippen LogP) is 1.90. The quantitative estimate of drug-likeness (QED) is 0.629. The Balaban J connectivity index is 1.86. The number of nitrogens with zero attached hydrogens (tertiary/aromatic N) is 2. The van der Waals surface area contributed by atoms with E-state index >= 15 is 0 Å². The first kappa shape index (κ1) is 15.3. The molecule has 0 saturated heterocycles. The van der Waals surface area contributed by atoms with Crippen molar-refractivity contribution in [2.24, 2.45) is 0 Å². The molecule has 0 radical (unpaired) electrons. The molecule has 0 bridgehead atoms. The maximum atomic E-state index is 11.9. The summed E-state index contributed by atoms with van der Waals surface area (Å²) in [6.45, 7) is 0.844. The highest BCUT2D eigenvalue weighted by Gasteiger charge is 2.08. The summed E-state index contributed by atoms with van der Waals surface area (Å²) in [6, 6.07) is 17.0. The van der Waals surface area contributed by atoms with Crippen molar-refractivity contribution in [1.82, 2.24) is 15.6 Å². The Bertz CT molecular complexity index is 675. The third-order valence-electron chi connectivity index (χ3n) is 2.92. The Hall–Kier alpha value is -3.13. The van der Waals surface area contributed by atoms with Gasteiger partial charge in [-0.05, 0) is 17.7 Å². The van der Waals surface area contributed by atoms with Gasteiger partial charge in [0.1, 0.15) is 11.6 Å². The number of carbonyl (C=O) groups is 1. The number of pyridine rings is 1. The molecule has 2 N–H and O–H groups in total. The van der Waals surface area contributed by atoms with Gasteiger partial charge in [0.2, 0.25) is 0 Å². The van der Waals surface area contributed by atoms with Crippen LogP contribution < -0.4 is 10.6 Å². The fraction of sp³-hybridized carbons (Fsp3) is 0.118. The van der Waals surface area contributed by atoms with Gasteiger partial charge in [0.15, 0.2) is 0 Å². The number of amides is 1. The second-order valence-corrected chi connectivity index (χ2v) is 4.54. The van der Waals surface area contributed by atoms with Crippen LogP contribution in [-0.2, 0) is 17.9 Å². The lowest BCUT2D eigenvalue weighted by atomic mass is 10.2. The molecule has 1 heterocycles. The van der Waals surface area contributed by atoms with E-state index in [1.165, 1.54) is 6.20 Å². The van der Waals surface area contributed by atoms with Crippen LogP contribution in [0.5, 0.6) is 0 Å². The number of hydrogen-bond acceptors (Lipinski definition) is 4. The molecule has 5 nitrogen and oxygen atoms in total. The first-order chi connectivity index (χ1) is 10.8. The Morgan fingerprint density at radius 1 is 1.14 bits per heavy atom. The summed E-state index contributed by atoms with van der Waals surface area (Å²) in [4.78, 5) is 16.1. The van der Waals surface area contributed by atoms with Gasteiger partial charge in [-0.2, -0.15) is 5.26 Å². The second-order valence-electron chi connectivity index (χ2n) is 4.54. The van der Waals surface area contributed by atoms with Crippen LogP contribution in [0.15, 0.2) is 66.5 Å². The maximum absolute atomic E-state index is 11.9. The lowest BCUT2D eigenvalue weighted by molar-refractivity contribution is -0.117. The summed E-state index contributed by atoms with van der Waals surface area (Å²) >= 11 is 0. The van der Waals surface area contributed by atoms with Crippen LogP contribution in [0.2, 0.25) is 0 Å². The molecule has 2 rings (SSSR count). The van der Waals surface area contributed by atoms with E-state index in [0.717, 1.165) is 11.3 Å². The Labute approximate surface area is 129 Å². The largest absolute Gasteiger partial charge is 0.384 e. The van der Waals surface area contributed by atoms with E-state index in [2.05, 4.69) is 15.6 Å². The van der Waals surface area contributed by atoms with Gasteiger partial charge in [-0.3, -0.25) is 9.78 Å². The van der Waals surface area contributed by atoms with E-state index < -0.39 is 5.91 Å². The van der Waals surface area contributed by atoms with Crippen LogP contribution in [-0.4, -0.2) is 10.9 Å². The highest BCUT2D eigenvalue weighted by molar-refractivity contribution is 5.97. The first-order valence-electron chi connectivity index (χ1n) is 6.85. The molecule has 1 amide bonds. The van der Waals surface area contributed by atoms with Gasteiger partial charge in [0.25, 0.3) is 5.91 Å². The van der Waals surface area contributed by atoms with E-state index in [1.54, 1.807) is 6.20 Å². The van der Waals surface area contributed by atoms with Gasteiger partial charge in [0, 0.05) is 18.9 Å². The van der Waals surface area contributed by atoms with E-state index in [0.29, 0.717) is 13.1 Å². The molecule has 0 aliphatic heterocycles. The Morgan fingerprint density at radius 2 is 1.91 bits per heavy atom. The smallest absolute Gasteiger partial charge is 0.263 e. The van der Waals surface area contributed by atoms with E-state index in [9.17, 15) is 4.79 Å². The van der Waals surface area contributed by atoms with Crippen LogP contribution in [0.3, 0.4) is 0 Å². The van der Waals surface area contributed by atoms with Crippen LogP contribution in [0.25, 0.3) is 0 Å². The van der Waals surface area contributed by atoms with Crippen molar-refractivity contribution in [1.29, 1.82) is 5.26 Å². The lowest BCUT2D eigenvalue weighted by Gasteiger charge is -2.05. The van der Waals surface area contributed by atoms with Gasteiger partial charge >= 0.3 is 0 Å². The third-order valence-corrected chi connectivity index (χ3v) is 2.92. The summed E-state index contributed by atoms with van der Waals surface area (Å²) in [6.07, 6.45) is 3.10. The molecule has 1 aromatic heterocycles. The van der Waals surface area contributed by atoms with Gasteiger partial charge in [-0.15, -0.1) is 0 Å². The second kappa shape index (κ2) is 8.22. The van der Waals surface area contributed by atoms with Gasteiger partial charge in [-0.25, -0.2) is 0 Å². The number of carbonyl (C=O) groups excluding carboxylic acids is 1. The van der Waals surface area contributed by atoms with Crippen molar-refractivity contribution < 1.29 is 4.79 Å². The molecule has 110 valence electrons. The van der Waals surface area contributed by atoms with E-state index in [4.69, 9.17) is 5.26 Å².